The summed E-state index contributed by atoms with van der Waals surface area (Å²) in [4.78, 5) is 24.8. The zero-order chi connectivity index (χ0) is 36.4. The van der Waals surface area contributed by atoms with Gasteiger partial charge in [0, 0.05) is 17.5 Å². The smallest absolute Gasteiger partial charge is 0.483 e. The third kappa shape index (κ3) is 17.9. The van der Waals surface area contributed by atoms with E-state index < -0.39 is 31.7 Å². The molecule has 1 aromatic carbocycles. The number of hydrogen-bond donors (Lipinski definition) is 0. The molecule has 0 saturated heterocycles. The van der Waals surface area contributed by atoms with E-state index in [1.165, 1.54) is 83.5 Å². The van der Waals surface area contributed by atoms with Gasteiger partial charge < -0.3 is 14.2 Å². The van der Waals surface area contributed by atoms with E-state index in [2.05, 4.69) is 11.4 Å². The van der Waals surface area contributed by atoms with Gasteiger partial charge in [-0.15, -0.1) is 0 Å². The van der Waals surface area contributed by atoms with Gasteiger partial charge in [0.1, 0.15) is 5.75 Å². The maximum Gasteiger partial charge on any atom is 0.483 e. The van der Waals surface area contributed by atoms with Crippen molar-refractivity contribution in [1.29, 1.82) is 0 Å². The van der Waals surface area contributed by atoms with Crippen molar-refractivity contribution in [1.82, 2.24) is 0 Å². The van der Waals surface area contributed by atoms with Gasteiger partial charge in [-0.25, -0.2) is 0 Å². The number of hydrogen-bond acceptors (Lipinski definition) is 5. The molecule has 0 aliphatic heterocycles. The van der Waals surface area contributed by atoms with Gasteiger partial charge in [0.25, 0.3) is 0 Å². The maximum atomic E-state index is 13.4. The van der Waals surface area contributed by atoms with Crippen molar-refractivity contribution in [2.24, 2.45) is 0 Å². The Hall–Kier alpha value is -1.51. The molecule has 0 aromatic heterocycles. The monoisotopic (exact) mass is 711 g/mol. The summed E-state index contributed by atoms with van der Waals surface area (Å²) in [6.07, 6.45) is 8.97. The first-order valence-electron chi connectivity index (χ1n) is 17.9. The average Bonchev–Trinajstić information content (AvgIpc) is 2.96. The van der Waals surface area contributed by atoms with Crippen LogP contribution in [0.5, 0.6) is 5.75 Å². The normalized spacial score (nSPS) is 13.5. The molecule has 11 heteroatoms. The Morgan fingerprint density at radius 1 is 0.688 bits per heavy atom. The van der Waals surface area contributed by atoms with Crippen molar-refractivity contribution in [3.8, 4) is 5.75 Å². The Kier molecular flexibility index (Phi) is 20.1. The van der Waals surface area contributed by atoms with E-state index in [0.717, 1.165) is 24.8 Å². The number of carbonyl (C=O) groups is 1. The number of rotatable bonds is 24. The number of alkyl halides is 5. The van der Waals surface area contributed by atoms with E-state index in [4.69, 9.17) is 9.26 Å². The van der Waals surface area contributed by atoms with Crippen LogP contribution in [0.3, 0.4) is 0 Å². The van der Waals surface area contributed by atoms with E-state index >= 15 is 0 Å². The molecule has 0 fully saturated rings. The molecule has 48 heavy (non-hydrogen) atoms. The van der Waals surface area contributed by atoms with E-state index in [9.17, 15) is 31.6 Å². The Balaban J connectivity index is 2.52. The zero-order valence-electron chi connectivity index (χ0n) is 30.5. The Morgan fingerprint density at radius 3 is 1.46 bits per heavy atom. The van der Waals surface area contributed by atoms with Crippen molar-refractivity contribution in [2.45, 2.75) is 187 Å². The molecule has 1 atom stereocenters. The van der Waals surface area contributed by atoms with Crippen molar-refractivity contribution in [3.63, 3.8) is 0 Å². The summed E-state index contributed by atoms with van der Waals surface area (Å²) in [6, 6.07) is 3.39. The van der Waals surface area contributed by atoms with Gasteiger partial charge in [-0.2, -0.15) is 22.0 Å². The van der Waals surface area contributed by atoms with Crippen LogP contribution >= 0.6 is 8.60 Å². The lowest BCUT2D eigenvalue weighted by Gasteiger charge is -2.34. The molecule has 280 valence electrons. The third-order valence-electron chi connectivity index (χ3n) is 8.33. The number of ether oxygens (including phenoxy) is 1. The Labute approximate surface area is 288 Å². The number of unbranched alkanes of at least 4 members (excludes halogenated alkanes) is 15. The van der Waals surface area contributed by atoms with Crippen LogP contribution in [0.15, 0.2) is 12.1 Å². The molecular weight excluding hydrogens is 650 g/mol. The van der Waals surface area contributed by atoms with Crippen molar-refractivity contribution in [2.75, 3.05) is 6.61 Å². The minimum Gasteiger partial charge on any atom is -0.775 e. The Bertz CT molecular complexity index is 1020. The standard InChI is InChI=1S/C37H61F5O5P/c1-8-9-10-11-12-13-14-15-16-17-18-19-20-21-22-23-26-45-32(43)25-24-29-27-30(34(2,3)4)33(31(28-29)35(5,6)7)46-48(44)47-37(41,42)36(38,39)40/h27-28H,8-26H2,1-7H3/q-1. The predicted molar refractivity (Wildman–Crippen MR) is 182 cm³/mol. The molecule has 0 N–H and O–H groups in total. The summed E-state index contributed by atoms with van der Waals surface area (Å²) in [6.45, 7) is 13.4. The molecule has 5 nitrogen and oxygen atoms in total. The molecule has 1 rings (SSSR count). The fraction of sp³-hybridized carbons (Fsp3) is 0.811. The second-order valence-electron chi connectivity index (χ2n) is 15.0. The minimum absolute atomic E-state index is 0.0797. The first kappa shape index (κ1) is 44.5. The van der Waals surface area contributed by atoms with Gasteiger partial charge in [0.2, 0.25) is 0 Å². The van der Waals surface area contributed by atoms with Crippen LogP contribution in [0.25, 0.3) is 0 Å². The summed E-state index contributed by atoms with van der Waals surface area (Å²) in [7, 11) is -3.88. The second kappa shape index (κ2) is 21.6. The summed E-state index contributed by atoms with van der Waals surface area (Å²) in [5, 5.41) is 0. The Morgan fingerprint density at radius 2 is 1.08 bits per heavy atom. The molecule has 0 bridgehead atoms. The number of aryl methyl sites for hydroxylation is 1. The van der Waals surface area contributed by atoms with Gasteiger partial charge in [-0.3, -0.25) is 9.32 Å². The highest BCUT2D eigenvalue weighted by Gasteiger charge is 2.60. The van der Waals surface area contributed by atoms with Crippen molar-refractivity contribution >= 4 is 14.6 Å². The van der Waals surface area contributed by atoms with Crippen molar-refractivity contribution in [3.05, 3.63) is 28.8 Å². The SMILES string of the molecule is CCCCCCCCCCCCCCCCCCOC(=O)CCc1cc(C(C)(C)C)c(OP([O-])OC(F)(F)C(F)(F)F)c(C(C)(C)C)c1. The van der Waals surface area contributed by atoms with Gasteiger partial charge >= 0.3 is 18.3 Å². The lowest BCUT2D eigenvalue weighted by atomic mass is 9.78. The highest BCUT2D eigenvalue weighted by molar-refractivity contribution is 7.39. The second-order valence-corrected chi connectivity index (χ2v) is 15.8. The van der Waals surface area contributed by atoms with Gasteiger partial charge in [0.05, 0.1) is 6.61 Å². The van der Waals surface area contributed by atoms with E-state index in [0.29, 0.717) is 24.2 Å². The number of halogens is 5. The molecule has 0 spiro atoms. The summed E-state index contributed by atoms with van der Waals surface area (Å²) < 4.78 is 78.9. The maximum absolute atomic E-state index is 13.4. The number of esters is 1. The third-order valence-corrected chi connectivity index (χ3v) is 9.04. The van der Waals surface area contributed by atoms with Crippen LogP contribution < -0.4 is 9.42 Å². The van der Waals surface area contributed by atoms with Crippen molar-refractivity contribution < 1.29 is 45.4 Å². The van der Waals surface area contributed by atoms with Gasteiger partial charge in [0.15, 0.2) is 8.60 Å². The molecule has 1 unspecified atom stereocenters. The van der Waals surface area contributed by atoms with Gasteiger partial charge in [-0.1, -0.05) is 157 Å². The molecule has 1 aromatic rings. The summed E-state index contributed by atoms with van der Waals surface area (Å²) in [5.74, 6) is -0.416. The molecular formula is C37H61F5O5P-. The molecule has 0 saturated carbocycles. The highest BCUT2D eigenvalue weighted by atomic mass is 31.2. The summed E-state index contributed by atoms with van der Waals surface area (Å²) in [5.41, 5.74) is 0.250. The minimum atomic E-state index is -6.05. The first-order valence-corrected chi connectivity index (χ1v) is 19.0. The molecule has 0 aliphatic rings. The topological polar surface area (TPSA) is 67.8 Å². The number of carbonyl (C=O) groups excluding carboxylic acids is 1. The summed E-state index contributed by atoms with van der Waals surface area (Å²) >= 11 is 0. The van der Waals surface area contributed by atoms with Crippen LogP contribution in [-0.4, -0.2) is 24.9 Å². The van der Waals surface area contributed by atoms with E-state index in [1.54, 1.807) is 53.7 Å². The lowest BCUT2D eigenvalue weighted by Crippen LogP contribution is -2.39. The van der Waals surface area contributed by atoms with Crippen LogP contribution in [-0.2, 0) is 31.3 Å². The quantitative estimate of drug-likeness (QED) is 0.0462. The lowest BCUT2D eigenvalue weighted by molar-refractivity contribution is -0.374. The van der Waals surface area contributed by atoms with E-state index in [-0.39, 0.29) is 18.1 Å². The fourth-order valence-corrected chi connectivity index (χ4v) is 6.11. The largest absolute Gasteiger partial charge is 0.775 e. The van der Waals surface area contributed by atoms with Gasteiger partial charge in [-0.05, 0) is 29.2 Å². The van der Waals surface area contributed by atoms with Crippen LogP contribution in [0.1, 0.15) is 174 Å². The van der Waals surface area contributed by atoms with Crippen LogP contribution in [0.4, 0.5) is 22.0 Å². The van der Waals surface area contributed by atoms with Crippen LogP contribution in [0, 0.1) is 0 Å². The predicted octanol–water partition coefficient (Wildman–Crippen LogP) is 12.2. The molecule has 0 aliphatic carbocycles. The number of benzene rings is 1. The molecule has 0 amide bonds. The zero-order valence-corrected chi connectivity index (χ0v) is 31.4. The van der Waals surface area contributed by atoms with E-state index in [1.807, 2.05) is 0 Å². The van der Waals surface area contributed by atoms with Crippen LogP contribution in [0.2, 0.25) is 0 Å². The molecule has 0 radical (unpaired) electrons. The fourth-order valence-electron chi connectivity index (χ4n) is 5.44. The average molecular weight is 712 g/mol. The first-order chi connectivity index (χ1) is 22.3. The molecule has 0 heterocycles. The highest BCUT2D eigenvalue weighted by Crippen LogP contribution is 2.49.